The van der Waals surface area contributed by atoms with Gasteiger partial charge in [0.25, 0.3) is 5.56 Å². The summed E-state index contributed by atoms with van der Waals surface area (Å²) in [4.78, 5) is 33.8. The fraction of sp³-hybridized carbons (Fsp3) is 0.257. The first-order chi connectivity index (χ1) is 22.8. The maximum Gasteiger partial charge on any atom is 0.264 e. The fourth-order valence-electron chi connectivity index (χ4n) is 5.71. The minimum Gasteiger partial charge on any atom is -0.481 e. The Hall–Kier alpha value is -4.48. The van der Waals surface area contributed by atoms with Gasteiger partial charge >= 0.3 is 0 Å². The molecule has 3 aromatic heterocycles. The van der Waals surface area contributed by atoms with E-state index in [0.29, 0.717) is 58.9 Å². The Labute approximate surface area is 281 Å². The molecule has 1 amide bonds. The van der Waals surface area contributed by atoms with Crippen molar-refractivity contribution in [2.75, 3.05) is 26.8 Å². The highest BCUT2D eigenvalue weighted by molar-refractivity contribution is 6.39. The number of nitrogens with two attached hydrogens (primary N) is 1. The molecular formula is C35H34Cl2N6O4. The second kappa shape index (κ2) is 14.1. The zero-order valence-corrected chi connectivity index (χ0v) is 27.5. The predicted molar refractivity (Wildman–Crippen MR) is 184 cm³/mol. The number of fused-ring (bicyclic) bond motifs is 1. The summed E-state index contributed by atoms with van der Waals surface area (Å²) in [6, 6.07) is 19.1. The largest absolute Gasteiger partial charge is 0.481 e. The highest BCUT2D eigenvalue weighted by Crippen LogP contribution is 2.42. The second-order valence-corrected chi connectivity index (χ2v) is 12.0. The number of carbonyl (C=O) groups is 1. The standard InChI is InChI=1S/C35H34Cl2N6O4/c1-20-33(47-16-14-38)42-29-17-21(13-15-43(29)35(20)45)24-5-3-6-25(31(24)36)26-7-4-8-27(32(26)37)28-11-9-22(34(41-28)46-2)18-39-19-23-10-12-30(44)40-23/h3-9,11,13,15,17,23,39H,10,12,14,16,18-19,38H2,1-2H3,(H,40,44)/t23-/m0/s1. The molecule has 1 saturated heterocycles. The summed E-state index contributed by atoms with van der Waals surface area (Å²) in [6.45, 7) is 3.45. The van der Waals surface area contributed by atoms with Crippen LogP contribution >= 0.6 is 23.2 Å². The number of amides is 1. The zero-order valence-electron chi connectivity index (χ0n) is 26.0. The van der Waals surface area contributed by atoms with Gasteiger partial charge in [0.2, 0.25) is 17.7 Å². The first-order valence-corrected chi connectivity index (χ1v) is 16.0. The topological polar surface area (TPSA) is 133 Å². The van der Waals surface area contributed by atoms with Crippen molar-refractivity contribution in [2.45, 2.75) is 32.4 Å². The van der Waals surface area contributed by atoms with Crippen LogP contribution in [-0.4, -0.2) is 53.1 Å². The fourth-order valence-corrected chi connectivity index (χ4v) is 6.37. The third-order valence-electron chi connectivity index (χ3n) is 8.17. The van der Waals surface area contributed by atoms with Crippen molar-refractivity contribution < 1.29 is 14.3 Å². The van der Waals surface area contributed by atoms with Crippen molar-refractivity contribution in [1.82, 2.24) is 25.0 Å². The predicted octanol–water partition coefficient (Wildman–Crippen LogP) is 5.42. The number of hydrogen-bond donors (Lipinski definition) is 3. The van der Waals surface area contributed by atoms with E-state index in [1.807, 2.05) is 54.6 Å². The second-order valence-electron chi connectivity index (χ2n) is 11.3. The lowest BCUT2D eigenvalue weighted by Crippen LogP contribution is -2.35. The third kappa shape index (κ3) is 6.68. The van der Waals surface area contributed by atoms with Crippen LogP contribution in [0.5, 0.6) is 11.8 Å². The van der Waals surface area contributed by atoms with Gasteiger partial charge in [-0.3, -0.25) is 14.0 Å². The van der Waals surface area contributed by atoms with E-state index >= 15 is 0 Å². The summed E-state index contributed by atoms with van der Waals surface area (Å²) in [6.07, 6.45) is 3.08. The zero-order chi connectivity index (χ0) is 33.1. The van der Waals surface area contributed by atoms with Gasteiger partial charge in [-0.2, -0.15) is 4.98 Å². The van der Waals surface area contributed by atoms with Gasteiger partial charge in [0, 0.05) is 66.1 Å². The summed E-state index contributed by atoms with van der Waals surface area (Å²) < 4.78 is 12.7. The maximum absolute atomic E-state index is 13.0. The molecule has 10 nitrogen and oxygen atoms in total. The van der Waals surface area contributed by atoms with Crippen molar-refractivity contribution in [2.24, 2.45) is 5.73 Å². The molecule has 4 N–H and O–H groups in total. The number of pyridine rings is 2. The van der Waals surface area contributed by atoms with Gasteiger partial charge in [0.15, 0.2) is 0 Å². The van der Waals surface area contributed by atoms with Crippen LogP contribution < -0.4 is 31.4 Å². The van der Waals surface area contributed by atoms with E-state index in [2.05, 4.69) is 15.6 Å². The van der Waals surface area contributed by atoms with Crippen molar-refractivity contribution in [3.63, 3.8) is 0 Å². The smallest absolute Gasteiger partial charge is 0.264 e. The molecule has 0 radical (unpaired) electrons. The molecule has 1 atom stereocenters. The highest BCUT2D eigenvalue weighted by Gasteiger charge is 2.21. The van der Waals surface area contributed by atoms with Crippen LogP contribution in [0.4, 0.5) is 0 Å². The average molecular weight is 674 g/mol. The molecule has 6 rings (SSSR count). The first kappa shape index (κ1) is 32.5. The van der Waals surface area contributed by atoms with Gasteiger partial charge < -0.3 is 25.8 Å². The van der Waals surface area contributed by atoms with Gasteiger partial charge in [0.05, 0.1) is 28.4 Å². The molecule has 1 aliphatic heterocycles. The van der Waals surface area contributed by atoms with Gasteiger partial charge in [-0.25, -0.2) is 4.98 Å². The molecule has 0 aliphatic carbocycles. The number of nitrogens with one attached hydrogen (secondary N) is 2. The molecule has 12 heteroatoms. The molecule has 4 heterocycles. The Morgan fingerprint density at radius 2 is 1.70 bits per heavy atom. The summed E-state index contributed by atoms with van der Waals surface area (Å²) in [5.41, 5.74) is 11.5. The third-order valence-corrected chi connectivity index (χ3v) is 8.98. The van der Waals surface area contributed by atoms with Gasteiger partial charge in [-0.15, -0.1) is 0 Å². The normalized spacial score (nSPS) is 14.4. The Kier molecular flexibility index (Phi) is 9.74. The lowest BCUT2D eigenvalue weighted by molar-refractivity contribution is -0.119. The van der Waals surface area contributed by atoms with Crippen LogP contribution in [0.3, 0.4) is 0 Å². The van der Waals surface area contributed by atoms with Crippen molar-refractivity contribution in [1.29, 1.82) is 0 Å². The van der Waals surface area contributed by atoms with E-state index in [9.17, 15) is 9.59 Å². The van der Waals surface area contributed by atoms with Crippen LogP contribution in [0, 0.1) is 6.92 Å². The minimum atomic E-state index is -0.217. The van der Waals surface area contributed by atoms with Gasteiger partial charge in [0.1, 0.15) is 12.3 Å². The van der Waals surface area contributed by atoms with E-state index in [4.69, 9.17) is 43.4 Å². The molecule has 242 valence electrons. The SMILES string of the molecule is COc1nc(-c2cccc(-c3cccc(-c4ccn5c(=O)c(C)c(OCCN)nc5c4)c3Cl)c2Cl)ccc1CNC[C@@H]1CCC(=O)N1. The lowest BCUT2D eigenvalue weighted by atomic mass is 9.97. The van der Waals surface area contributed by atoms with Gasteiger partial charge in [-0.05, 0) is 37.1 Å². The van der Waals surface area contributed by atoms with Crippen molar-refractivity contribution >= 4 is 34.8 Å². The first-order valence-electron chi connectivity index (χ1n) is 15.3. The van der Waals surface area contributed by atoms with Gasteiger partial charge in [-0.1, -0.05) is 65.7 Å². The Morgan fingerprint density at radius 1 is 0.979 bits per heavy atom. The molecular weight excluding hydrogens is 639 g/mol. The number of nitrogens with zero attached hydrogens (tertiary/aromatic N) is 3. The Morgan fingerprint density at radius 3 is 2.40 bits per heavy atom. The molecule has 1 aliphatic rings. The molecule has 2 aromatic carbocycles. The number of methoxy groups -OCH3 is 1. The Balaban J connectivity index is 1.30. The highest BCUT2D eigenvalue weighted by atomic mass is 35.5. The summed E-state index contributed by atoms with van der Waals surface area (Å²) in [5.74, 6) is 0.840. The number of rotatable bonds is 11. The number of benzene rings is 2. The minimum absolute atomic E-state index is 0.0925. The maximum atomic E-state index is 13.0. The molecule has 0 bridgehead atoms. The quantitative estimate of drug-likeness (QED) is 0.169. The van der Waals surface area contributed by atoms with E-state index in [-0.39, 0.29) is 30.0 Å². The van der Waals surface area contributed by atoms with Crippen LogP contribution in [0.15, 0.2) is 71.7 Å². The number of halogens is 2. The molecule has 0 saturated carbocycles. The van der Waals surface area contributed by atoms with Crippen LogP contribution in [0.25, 0.3) is 39.2 Å². The number of carbonyl (C=O) groups excluding carboxylic acids is 1. The van der Waals surface area contributed by atoms with E-state index in [1.54, 1.807) is 26.3 Å². The number of aromatic nitrogens is 3. The van der Waals surface area contributed by atoms with Crippen LogP contribution in [0.1, 0.15) is 24.0 Å². The summed E-state index contributed by atoms with van der Waals surface area (Å²) in [5, 5.41) is 7.34. The Bertz CT molecular complexity index is 2030. The number of ether oxygens (including phenoxy) is 2. The summed E-state index contributed by atoms with van der Waals surface area (Å²) in [7, 11) is 1.59. The van der Waals surface area contributed by atoms with Crippen molar-refractivity contribution in [3.8, 4) is 45.3 Å². The molecule has 0 spiro atoms. The van der Waals surface area contributed by atoms with Crippen molar-refractivity contribution in [3.05, 3.63) is 98.4 Å². The molecule has 1 fully saturated rings. The van der Waals surface area contributed by atoms with E-state index < -0.39 is 0 Å². The lowest BCUT2D eigenvalue weighted by Gasteiger charge is -2.16. The molecule has 5 aromatic rings. The molecule has 47 heavy (non-hydrogen) atoms. The average Bonchev–Trinajstić information content (AvgIpc) is 3.50. The van der Waals surface area contributed by atoms with E-state index in [0.717, 1.165) is 39.8 Å². The number of hydrogen-bond acceptors (Lipinski definition) is 8. The molecule has 0 unspecified atom stereocenters. The summed E-state index contributed by atoms with van der Waals surface area (Å²) >= 11 is 14.1. The van der Waals surface area contributed by atoms with E-state index in [1.165, 1.54) is 4.40 Å². The monoisotopic (exact) mass is 672 g/mol. The van der Waals surface area contributed by atoms with Crippen LogP contribution in [-0.2, 0) is 11.3 Å². The van der Waals surface area contributed by atoms with Crippen LogP contribution in [0.2, 0.25) is 10.0 Å².